The Morgan fingerprint density at radius 3 is 2.86 bits per heavy atom. The van der Waals surface area contributed by atoms with Gasteiger partial charge in [-0.3, -0.25) is 4.79 Å². The van der Waals surface area contributed by atoms with Crippen LogP contribution in [-0.2, 0) is 11.2 Å². The Morgan fingerprint density at radius 2 is 2.24 bits per heavy atom. The number of carboxylic acids is 1. The predicted molar refractivity (Wildman–Crippen MR) is 75.8 cm³/mol. The number of nitrogens with zero attached hydrogens (tertiary/aromatic N) is 1. The minimum Gasteiger partial charge on any atom is -0.481 e. The van der Waals surface area contributed by atoms with Crippen molar-refractivity contribution in [3.63, 3.8) is 0 Å². The lowest BCUT2D eigenvalue weighted by atomic mass is 10.1. The topological polar surface area (TPSA) is 69.6 Å². The molecule has 1 aliphatic heterocycles. The van der Waals surface area contributed by atoms with Crippen LogP contribution in [0, 0.1) is 11.7 Å². The fourth-order valence-electron chi connectivity index (χ4n) is 2.29. The van der Waals surface area contributed by atoms with Gasteiger partial charge in [0.15, 0.2) is 0 Å². The van der Waals surface area contributed by atoms with Crippen LogP contribution in [0.25, 0.3) is 0 Å². The maximum Gasteiger partial charge on any atom is 0.317 e. The van der Waals surface area contributed by atoms with Crippen LogP contribution >= 0.6 is 11.6 Å². The van der Waals surface area contributed by atoms with Gasteiger partial charge in [-0.1, -0.05) is 17.7 Å². The molecule has 1 unspecified atom stereocenters. The van der Waals surface area contributed by atoms with E-state index in [-0.39, 0.29) is 12.6 Å². The third kappa shape index (κ3) is 4.07. The second kappa shape index (κ2) is 6.76. The van der Waals surface area contributed by atoms with Crippen LogP contribution in [0.4, 0.5) is 9.18 Å². The first kappa shape index (κ1) is 15.6. The Labute approximate surface area is 126 Å². The van der Waals surface area contributed by atoms with Crippen LogP contribution in [0.3, 0.4) is 0 Å². The summed E-state index contributed by atoms with van der Waals surface area (Å²) in [4.78, 5) is 24.2. The highest BCUT2D eigenvalue weighted by Crippen LogP contribution is 2.18. The van der Waals surface area contributed by atoms with Crippen molar-refractivity contribution in [1.29, 1.82) is 0 Å². The summed E-state index contributed by atoms with van der Waals surface area (Å²) in [6.07, 6.45) is 0.966. The van der Waals surface area contributed by atoms with E-state index in [9.17, 15) is 14.0 Å². The van der Waals surface area contributed by atoms with Gasteiger partial charge in [-0.2, -0.15) is 0 Å². The fraction of sp³-hybridized carbons (Fsp3) is 0.429. The summed E-state index contributed by atoms with van der Waals surface area (Å²) in [7, 11) is 0. The van der Waals surface area contributed by atoms with Crippen molar-refractivity contribution < 1.29 is 19.1 Å². The average molecular weight is 315 g/mol. The summed E-state index contributed by atoms with van der Waals surface area (Å²) in [5.41, 5.74) is 0.753. The molecule has 1 atom stereocenters. The van der Waals surface area contributed by atoms with Crippen LogP contribution in [0.15, 0.2) is 18.2 Å². The van der Waals surface area contributed by atoms with E-state index in [1.807, 2.05) is 0 Å². The Morgan fingerprint density at radius 1 is 1.48 bits per heavy atom. The van der Waals surface area contributed by atoms with Crippen LogP contribution < -0.4 is 5.32 Å². The van der Waals surface area contributed by atoms with Crippen molar-refractivity contribution >= 4 is 23.6 Å². The molecule has 0 saturated carbocycles. The van der Waals surface area contributed by atoms with Crippen molar-refractivity contribution in [2.45, 2.75) is 12.8 Å². The second-order valence-electron chi connectivity index (χ2n) is 4.99. The summed E-state index contributed by atoms with van der Waals surface area (Å²) < 4.78 is 12.9. The number of likely N-dealkylation sites (tertiary alicyclic amines) is 1. The van der Waals surface area contributed by atoms with Gasteiger partial charge in [0.1, 0.15) is 5.82 Å². The zero-order chi connectivity index (χ0) is 15.4. The molecule has 21 heavy (non-hydrogen) atoms. The van der Waals surface area contributed by atoms with E-state index < -0.39 is 17.7 Å². The van der Waals surface area contributed by atoms with E-state index in [1.165, 1.54) is 17.0 Å². The van der Waals surface area contributed by atoms with E-state index in [1.54, 1.807) is 6.07 Å². The molecule has 0 radical (unpaired) electrons. The summed E-state index contributed by atoms with van der Waals surface area (Å²) in [5.74, 6) is -1.75. The molecule has 2 amide bonds. The van der Waals surface area contributed by atoms with Gasteiger partial charge in [-0.25, -0.2) is 9.18 Å². The monoisotopic (exact) mass is 314 g/mol. The number of benzene rings is 1. The molecule has 0 bridgehead atoms. The normalized spacial score (nSPS) is 17.8. The number of hydrogen-bond acceptors (Lipinski definition) is 2. The Kier molecular flexibility index (Phi) is 5.01. The number of rotatable bonds is 4. The molecule has 1 fully saturated rings. The molecule has 1 aliphatic rings. The number of carbonyl (C=O) groups is 2. The van der Waals surface area contributed by atoms with E-state index in [0.717, 1.165) is 5.56 Å². The largest absolute Gasteiger partial charge is 0.481 e. The number of carboxylic acid groups (broad SMARTS) is 1. The molecule has 1 aromatic carbocycles. The van der Waals surface area contributed by atoms with Crippen LogP contribution in [0.1, 0.15) is 12.0 Å². The third-order valence-electron chi connectivity index (χ3n) is 3.51. The predicted octanol–water partition coefficient (Wildman–Crippen LogP) is 2.14. The number of aliphatic carboxylic acids is 1. The highest BCUT2D eigenvalue weighted by Gasteiger charge is 2.30. The molecule has 5 nitrogen and oxygen atoms in total. The number of amides is 2. The molecule has 7 heteroatoms. The van der Waals surface area contributed by atoms with Crippen molar-refractivity contribution in [3.05, 3.63) is 34.6 Å². The van der Waals surface area contributed by atoms with Crippen molar-refractivity contribution in [1.82, 2.24) is 10.2 Å². The maximum atomic E-state index is 12.9. The number of hydrogen-bond donors (Lipinski definition) is 2. The SMILES string of the molecule is O=C(O)C1CCN(C(=O)NCCc2ccc(F)cc2Cl)C1. The van der Waals surface area contributed by atoms with E-state index in [0.29, 0.717) is 31.0 Å². The van der Waals surface area contributed by atoms with Crippen molar-refractivity contribution in [2.75, 3.05) is 19.6 Å². The fourth-order valence-corrected chi connectivity index (χ4v) is 2.55. The molecule has 0 aliphatic carbocycles. The molecule has 114 valence electrons. The van der Waals surface area contributed by atoms with E-state index in [4.69, 9.17) is 16.7 Å². The van der Waals surface area contributed by atoms with Crippen molar-refractivity contribution in [2.24, 2.45) is 5.92 Å². The zero-order valence-electron chi connectivity index (χ0n) is 11.3. The molecular formula is C14H16ClFN2O3. The van der Waals surface area contributed by atoms with E-state index in [2.05, 4.69) is 5.32 Å². The first-order chi connectivity index (χ1) is 9.97. The standard InChI is InChI=1S/C14H16ClFN2O3/c15-12-7-11(16)2-1-9(12)3-5-17-14(21)18-6-4-10(8-18)13(19)20/h1-2,7,10H,3-6,8H2,(H,17,21)(H,19,20). The van der Waals surface area contributed by atoms with Gasteiger partial charge in [-0.15, -0.1) is 0 Å². The number of nitrogens with one attached hydrogen (secondary N) is 1. The van der Waals surface area contributed by atoms with Gasteiger partial charge >= 0.3 is 12.0 Å². The number of urea groups is 1. The van der Waals surface area contributed by atoms with Crippen LogP contribution in [0.2, 0.25) is 5.02 Å². The van der Waals surface area contributed by atoms with Gasteiger partial charge in [0.25, 0.3) is 0 Å². The molecule has 0 aromatic heterocycles. The molecule has 0 spiro atoms. The maximum absolute atomic E-state index is 12.9. The summed E-state index contributed by atoms with van der Waals surface area (Å²) in [6, 6.07) is 3.86. The lowest BCUT2D eigenvalue weighted by molar-refractivity contribution is -0.141. The summed E-state index contributed by atoms with van der Waals surface area (Å²) >= 11 is 5.90. The molecule has 2 rings (SSSR count). The molecule has 1 saturated heterocycles. The zero-order valence-corrected chi connectivity index (χ0v) is 12.1. The highest BCUT2D eigenvalue weighted by molar-refractivity contribution is 6.31. The van der Waals surface area contributed by atoms with Crippen molar-refractivity contribution in [3.8, 4) is 0 Å². The molecular weight excluding hydrogens is 299 g/mol. The lowest BCUT2D eigenvalue weighted by Crippen LogP contribution is -2.39. The van der Waals surface area contributed by atoms with Gasteiger partial charge in [0, 0.05) is 24.7 Å². The molecule has 1 aromatic rings. The smallest absolute Gasteiger partial charge is 0.317 e. The Hall–Kier alpha value is -1.82. The minimum absolute atomic E-state index is 0.235. The highest BCUT2D eigenvalue weighted by atomic mass is 35.5. The number of carbonyl (C=O) groups excluding carboxylic acids is 1. The summed E-state index contributed by atoms with van der Waals surface area (Å²) in [6.45, 7) is 1.04. The second-order valence-corrected chi connectivity index (χ2v) is 5.39. The van der Waals surface area contributed by atoms with Gasteiger partial charge in [0.2, 0.25) is 0 Å². The summed E-state index contributed by atoms with van der Waals surface area (Å²) in [5, 5.41) is 11.9. The van der Waals surface area contributed by atoms with Gasteiger partial charge in [0.05, 0.1) is 5.92 Å². The first-order valence-electron chi connectivity index (χ1n) is 6.67. The van der Waals surface area contributed by atoms with Crippen LogP contribution in [-0.4, -0.2) is 41.6 Å². The average Bonchev–Trinajstić information content (AvgIpc) is 2.91. The molecule has 1 heterocycles. The van der Waals surface area contributed by atoms with Crippen LogP contribution in [0.5, 0.6) is 0 Å². The quantitative estimate of drug-likeness (QED) is 0.894. The van der Waals surface area contributed by atoms with Gasteiger partial charge < -0.3 is 15.3 Å². The van der Waals surface area contributed by atoms with E-state index >= 15 is 0 Å². The first-order valence-corrected chi connectivity index (χ1v) is 7.04. The molecule has 2 N–H and O–H groups in total. The number of halogens is 2. The Bertz CT molecular complexity index is 553. The minimum atomic E-state index is -0.872. The lowest BCUT2D eigenvalue weighted by Gasteiger charge is -2.16. The third-order valence-corrected chi connectivity index (χ3v) is 3.86. The van der Waals surface area contributed by atoms with Gasteiger partial charge in [-0.05, 0) is 30.5 Å². The Balaban J connectivity index is 1.78.